The third-order valence-corrected chi connectivity index (χ3v) is 4.66. The first-order valence-electron chi connectivity index (χ1n) is 7.99. The van der Waals surface area contributed by atoms with E-state index in [9.17, 15) is 0 Å². The molecule has 3 aromatic heterocycles. The number of aromatic amines is 2. The highest BCUT2D eigenvalue weighted by atomic mass is 32.1. The Morgan fingerprint density at radius 1 is 0.640 bits per heavy atom. The van der Waals surface area contributed by atoms with E-state index in [-0.39, 0.29) is 0 Å². The molecule has 0 amide bonds. The largest absolute Gasteiger partial charge is 0.355 e. The fraction of sp³-hybridized carbons (Fsp3) is 0. The molecule has 5 rings (SSSR count). The molecule has 0 unspecified atom stereocenters. The van der Waals surface area contributed by atoms with Crippen LogP contribution >= 0.6 is 12.6 Å². The van der Waals surface area contributed by atoms with Crippen molar-refractivity contribution in [3.63, 3.8) is 0 Å². The lowest BCUT2D eigenvalue weighted by Gasteiger charge is -1.91. The maximum atomic E-state index is 4.66. The normalized spacial score (nSPS) is 12.7. The summed E-state index contributed by atoms with van der Waals surface area (Å²) in [6.07, 6.45) is 8.00. The zero-order valence-corrected chi connectivity index (χ0v) is 14.1. The third-order valence-electron chi connectivity index (χ3n) is 4.19. The van der Waals surface area contributed by atoms with Gasteiger partial charge >= 0.3 is 0 Å². The SMILES string of the molecule is Sc1c2nc(cc3ccc(cc4nc(cc5ccc1[nH]5)C=C4)[nH]3)C=C2. The second-order valence-electron chi connectivity index (χ2n) is 6.03. The van der Waals surface area contributed by atoms with Crippen LogP contribution in [0.25, 0.3) is 46.4 Å². The lowest BCUT2D eigenvalue weighted by Crippen LogP contribution is -1.78. The standard InChI is InChI=1S/C20H14N4S/c25-20-18-7-5-16(23-18)10-14-3-1-12(21-14)9-13-2-4-15(22-13)11-17-6-8-19(20)24-17/h1-11,21,24-25H. The minimum absolute atomic E-state index is 0.822. The summed E-state index contributed by atoms with van der Waals surface area (Å²) in [6, 6.07) is 14.2. The number of rotatable bonds is 0. The fourth-order valence-corrected chi connectivity index (χ4v) is 3.25. The van der Waals surface area contributed by atoms with E-state index in [1.165, 1.54) is 0 Å². The molecule has 2 aliphatic rings. The summed E-state index contributed by atoms with van der Waals surface area (Å²) in [7, 11) is 0. The average molecular weight is 342 g/mol. The van der Waals surface area contributed by atoms with Gasteiger partial charge in [0.05, 0.1) is 33.2 Å². The third kappa shape index (κ3) is 2.68. The molecule has 0 atom stereocenters. The topological polar surface area (TPSA) is 57.4 Å². The molecule has 3 aromatic rings. The van der Waals surface area contributed by atoms with Crippen molar-refractivity contribution in [2.24, 2.45) is 0 Å². The van der Waals surface area contributed by atoms with Gasteiger partial charge in [0.15, 0.2) is 0 Å². The van der Waals surface area contributed by atoms with Crippen LogP contribution in [0.3, 0.4) is 0 Å². The molecule has 8 bridgehead atoms. The van der Waals surface area contributed by atoms with Crippen LogP contribution < -0.4 is 0 Å². The van der Waals surface area contributed by atoms with Gasteiger partial charge in [0, 0.05) is 16.6 Å². The van der Waals surface area contributed by atoms with Gasteiger partial charge in [-0.05, 0) is 66.8 Å². The second-order valence-corrected chi connectivity index (χ2v) is 6.48. The van der Waals surface area contributed by atoms with Gasteiger partial charge in [0.25, 0.3) is 0 Å². The van der Waals surface area contributed by atoms with Gasteiger partial charge in [0.2, 0.25) is 0 Å². The second kappa shape index (κ2) is 5.50. The van der Waals surface area contributed by atoms with E-state index in [4.69, 9.17) is 0 Å². The van der Waals surface area contributed by atoms with Gasteiger partial charge in [0.1, 0.15) is 0 Å². The summed E-state index contributed by atoms with van der Waals surface area (Å²) in [5.74, 6) is 0. The van der Waals surface area contributed by atoms with Crippen LogP contribution in [0.4, 0.5) is 0 Å². The monoisotopic (exact) mass is 342 g/mol. The van der Waals surface area contributed by atoms with Crippen molar-refractivity contribution < 1.29 is 0 Å². The quantitative estimate of drug-likeness (QED) is 0.349. The molecule has 0 saturated carbocycles. The lowest BCUT2D eigenvalue weighted by molar-refractivity contribution is 1.25. The number of hydrogen-bond acceptors (Lipinski definition) is 3. The van der Waals surface area contributed by atoms with Crippen molar-refractivity contribution >= 4 is 59.0 Å². The van der Waals surface area contributed by atoms with E-state index >= 15 is 0 Å². The molecule has 0 aromatic carbocycles. The highest BCUT2D eigenvalue weighted by Crippen LogP contribution is 2.23. The lowest BCUT2D eigenvalue weighted by atomic mass is 10.3. The van der Waals surface area contributed by atoms with E-state index in [2.05, 4.69) is 32.6 Å². The van der Waals surface area contributed by atoms with Crippen molar-refractivity contribution in [3.8, 4) is 0 Å². The Bertz CT molecular complexity index is 1210. The zero-order valence-electron chi connectivity index (χ0n) is 13.2. The molecule has 5 heteroatoms. The molecule has 0 aliphatic carbocycles. The molecule has 2 aliphatic heterocycles. The molecule has 0 fully saturated rings. The van der Waals surface area contributed by atoms with Crippen LogP contribution in [-0.4, -0.2) is 19.9 Å². The van der Waals surface area contributed by atoms with Crippen molar-refractivity contribution in [1.82, 2.24) is 19.9 Å². The van der Waals surface area contributed by atoms with E-state index in [0.29, 0.717) is 0 Å². The first-order valence-corrected chi connectivity index (χ1v) is 8.44. The predicted molar refractivity (Wildman–Crippen MR) is 106 cm³/mol. The molecule has 120 valence electrons. The smallest absolute Gasteiger partial charge is 0.0791 e. The van der Waals surface area contributed by atoms with Gasteiger partial charge in [-0.15, -0.1) is 12.6 Å². The Morgan fingerprint density at radius 2 is 1.20 bits per heavy atom. The Balaban J connectivity index is 1.88. The number of nitrogens with one attached hydrogen (secondary N) is 2. The molecule has 0 saturated heterocycles. The van der Waals surface area contributed by atoms with Gasteiger partial charge in [-0.25, -0.2) is 9.97 Å². The molecule has 2 N–H and O–H groups in total. The Kier molecular flexibility index (Phi) is 3.15. The van der Waals surface area contributed by atoms with Gasteiger partial charge in [-0.2, -0.15) is 0 Å². The number of fused-ring (bicyclic) bond motifs is 8. The molecular weight excluding hydrogens is 328 g/mol. The molecule has 25 heavy (non-hydrogen) atoms. The number of nitrogens with zero attached hydrogens (tertiary/aromatic N) is 2. The molecule has 0 spiro atoms. The summed E-state index contributed by atoms with van der Waals surface area (Å²) < 4.78 is 0. The van der Waals surface area contributed by atoms with E-state index in [1.54, 1.807) is 0 Å². The Morgan fingerprint density at radius 3 is 1.92 bits per heavy atom. The van der Waals surface area contributed by atoms with Crippen LogP contribution in [0.15, 0.2) is 47.4 Å². The highest BCUT2D eigenvalue weighted by Gasteiger charge is 2.05. The van der Waals surface area contributed by atoms with Gasteiger partial charge in [-0.3, -0.25) is 0 Å². The number of aromatic nitrogens is 4. The summed E-state index contributed by atoms with van der Waals surface area (Å²) in [5, 5.41) is 0. The first-order chi connectivity index (χ1) is 12.2. The van der Waals surface area contributed by atoms with Crippen molar-refractivity contribution in [2.45, 2.75) is 4.90 Å². The predicted octanol–water partition coefficient (Wildman–Crippen LogP) is 4.94. The zero-order chi connectivity index (χ0) is 16.8. The van der Waals surface area contributed by atoms with Crippen molar-refractivity contribution in [1.29, 1.82) is 0 Å². The first kappa shape index (κ1) is 14.3. The maximum absolute atomic E-state index is 4.66. The van der Waals surface area contributed by atoms with Crippen LogP contribution in [0.5, 0.6) is 0 Å². The minimum Gasteiger partial charge on any atom is -0.355 e. The van der Waals surface area contributed by atoms with Crippen LogP contribution in [0.1, 0.15) is 22.8 Å². The van der Waals surface area contributed by atoms with E-state index in [0.717, 1.165) is 49.7 Å². The molecule has 0 radical (unpaired) electrons. The Labute approximate surface area is 149 Å². The average Bonchev–Trinajstić information content (AvgIpc) is 3.36. The number of H-pyrrole nitrogens is 2. The minimum atomic E-state index is 0.822. The molecular formula is C20H14N4S. The highest BCUT2D eigenvalue weighted by molar-refractivity contribution is 7.80. The van der Waals surface area contributed by atoms with Gasteiger partial charge < -0.3 is 9.97 Å². The van der Waals surface area contributed by atoms with Crippen LogP contribution in [0.2, 0.25) is 0 Å². The number of thiol groups is 1. The van der Waals surface area contributed by atoms with E-state index < -0.39 is 0 Å². The fourth-order valence-electron chi connectivity index (χ4n) is 2.99. The van der Waals surface area contributed by atoms with Crippen molar-refractivity contribution in [2.75, 3.05) is 0 Å². The Hall–Kier alpha value is -3.05. The summed E-state index contributed by atoms with van der Waals surface area (Å²) in [6.45, 7) is 0. The summed E-state index contributed by atoms with van der Waals surface area (Å²) in [5.41, 5.74) is 7.53. The molecule has 4 nitrogen and oxygen atoms in total. The van der Waals surface area contributed by atoms with Crippen LogP contribution in [-0.2, 0) is 0 Å². The summed E-state index contributed by atoms with van der Waals surface area (Å²) >= 11 is 4.66. The maximum Gasteiger partial charge on any atom is 0.0791 e. The summed E-state index contributed by atoms with van der Waals surface area (Å²) in [4.78, 5) is 16.9. The van der Waals surface area contributed by atoms with E-state index in [1.807, 2.05) is 66.8 Å². The van der Waals surface area contributed by atoms with Crippen molar-refractivity contribution in [3.05, 3.63) is 65.2 Å². The van der Waals surface area contributed by atoms with Crippen LogP contribution in [0, 0.1) is 0 Å². The van der Waals surface area contributed by atoms with Gasteiger partial charge in [-0.1, -0.05) is 0 Å². The molecule has 5 heterocycles. The number of hydrogen-bond donors (Lipinski definition) is 3.